The van der Waals surface area contributed by atoms with Gasteiger partial charge in [-0.3, -0.25) is 19.5 Å². The van der Waals surface area contributed by atoms with Gasteiger partial charge in [-0.1, -0.05) is 0 Å². The van der Waals surface area contributed by atoms with Crippen LogP contribution in [-0.2, 0) is 0 Å². The topological polar surface area (TPSA) is 118 Å². The van der Waals surface area contributed by atoms with Gasteiger partial charge in [-0.15, -0.1) is 0 Å². The molecular formula is C18H17N3O5. The highest BCUT2D eigenvalue weighted by atomic mass is 16.6. The molecule has 3 rings (SSSR count). The van der Waals surface area contributed by atoms with E-state index in [2.05, 4.69) is 0 Å². The molecule has 2 heterocycles. The van der Waals surface area contributed by atoms with Gasteiger partial charge in [0.2, 0.25) is 0 Å². The Morgan fingerprint density at radius 2 is 2.00 bits per heavy atom. The number of hydrogen-bond donors (Lipinski definition) is 1. The summed E-state index contributed by atoms with van der Waals surface area (Å²) in [5.74, 6) is 0.406. The Labute approximate surface area is 149 Å². The van der Waals surface area contributed by atoms with Gasteiger partial charge < -0.3 is 9.84 Å². The molecule has 2 unspecified atom stereocenters. The van der Waals surface area contributed by atoms with E-state index in [1.54, 1.807) is 26.0 Å². The van der Waals surface area contributed by atoms with Crippen molar-refractivity contribution in [2.45, 2.75) is 38.0 Å². The monoisotopic (exact) mass is 355 g/mol. The largest absolute Gasteiger partial charge is 0.484 e. The predicted octanol–water partition coefficient (Wildman–Crippen LogP) is 2.14. The van der Waals surface area contributed by atoms with Crippen LogP contribution in [0.3, 0.4) is 0 Å². The Kier molecular flexibility index (Phi) is 3.85. The lowest BCUT2D eigenvalue weighted by molar-refractivity contribution is -0.385. The molecule has 0 amide bonds. The molecule has 134 valence electrons. The summed E-state index contributed by atoms with van der Waals surface area (Å²) < 4.78 is 7.02. The fourth-order valence-corrected chi connectivity index (χ4v) is 3.16. The fourth-order valence-electron chi connectivity index (χ4n) is 3.16. The average Bonchev–Trinajstić information content (AvgIpc) is 2.56. The highest BCUT2D eigenvalue weighted by Crippen LogP contribution is 2.48. The molecule has 0 saturated heterocycles. The second-order valence-electron chi connectivity index (χ2n) is 6.92. The maximum atomic E-state index is 12.5. The Bertz CT molecular complexity index is 1000. The molecule has 26 heavy (non-hydrogen) atoms. The highest BCUT2D eigenvalue weighted by molar-refractivity contribution is 5.48. The molecule has 1 N–H and O–H groups in total. The standard InChI is InChI=1S/C18H17N3O5/c1-17(2)18(3,23)16(13-8-11(9-19)4-6-14(13)26-17)20-10-12(21(24)25)5-7-15(20)22/h4-8,10,16,23H,1-3H3. The molecule has 1 aromatic carbocycles. The average molecular weight is 355 g/mol. The van der Waals surface area contributed by atoms with Crippen molar-refractivity contribution in [3.63, 3.8) is 0 Å². The third kappa shape index (κ3) is 2.53. The lowest BCUT2D eigenvalue weighted by atomic mass is 9.75. The van der Waals surface area contributed by atoms with E-state index in [9.17, 15) is 25.3 Å². The fraction of sp³-hybridized carbons (Fsp3) is 0.333. The highest BCUT2D eigenvalue weighted by Gasteiger charge is 2.53. The third-order valence-electron chi connectivity index (χ3n) is 4.96. The summed E-state index contributed by atoms with van der Waals surface area (Å²) in [6.45, 7) is 4.85. The number of nitro groups is 1. The predicted molar refractivity (Wildman–Crippen MR) is 92.0 cm³/mol. The summed E-state index contributed by atoms with van der Waals surface area (Å²) >= 11 is 0. The van der Waals surface area contributed by atoms with Crippen molar-refractivity contribution < 1.29 is 14.8 Å². The molecule has 0 aliphatic carbocycles. The normalized spacial score (nSPS) is 23.4. The van der Waals surface area contributed by atoms with Crippen molar-refractivity contribution >= 4 is 5.69 Å². The maximum Gasteiger partial charge on any atom is 0.285 e. The van der Waals surface area contributed by atoms with E-state index < -0.39 is 27.7 Å². The summed E-state index contributed by atoms with van der Waals surface area (Å²) in [4.78, 5) is 23.0. The first-order chi connectivity index (χ1) is 12.1. The zero-order valence-corrected chi connectivity index (χ0v) is 14.5. The van der Waals surface area contributed by atoms with E-state index >= 15 is 0 Å². The number of nitrogens with zero attached hydrogens (tertiary/aromatic N) is 3. The number of rotatable bonds is 2. The van der Waals surface area contributed by atoms with E-state index in [1.807, 2.05) is 6.07 Å². The van der Waals surface area contributed by atoms with Crippen LogP contribution in [0.1, 0.15) is 37.9 Å². The SMILES string of the molecule is CC1(C)Oc2ccc(C#N)cc2C(n2cc([N+](=O)[O-])ccc2=O)C1(C)O. The molecular weight excluding hydrogens is 338 g/mol. The lowest BCUT2D eigenvalue weighted by Gasteiger charge is -2.49. The van der Waals surface area contributed by atoms with Gasteiger partial charge in [-0.2, -0.15) is 5.26 Å². The van der Waals surface area contributed by atoms with Crippen LogP contribution in [0, 0.1) is 21.4 Å². The summed E-state index contributed by atoms with van der Waals surface area (Å²) in [5, 5.41) is 31.6. The lowest BCUT2D eigenvalue weighted by Crippen LogP contribution is -2.60. The van der Waals surface area contributed by atoms with Crippen molar-refractivity contribution in [1.29, 1.82) is 5.26 Å². The van der Waals surface area contributed by atoms with Gasteiger partial charge in [0.15, 0.2) is 0 Å². The van der Waals surface area contributed by atoms with E-state index in [0.29, 0.717) is 16.9 Å². The number of benzene rings is 1. The molecule has 0 fully saturated rings. The molecule has 2 atom stereocenters. The van der Waals surface area contributed by atoms with E-state index in [-0.39, 0.29) is 5.69 Å². The molecule has 0 bridgehead atoms. The summed E-state index contributed by atoms with van der Waals surface area (Å²) in [6.07, 6.45) is 1.10. The summed E-state index contributed by atoms with van der Waals surface area (Å²) in [6, 6.07) is 7.93. The van der Waals surface area contributed by atoms with Gasteiger partial charge in [0, 0.05) is 17.7 Å². The first-order valence-corrected chi connectivity index (χ1v) is 7.90. The number of aromatic nitrogens is 1. The van der Waals surface area contributed by atoms with Crippen LogP contribution >= 0.6 is 0 Å². The molecule has 1 aliphatic rings. The number of fused-ring (bicyclic) bond motifs is 1. The van der Waals surface area contributed by atoms with Gasteiger partial charge in [-0.25, -0.2) is 0 Å². The first-order valence-electron chi connectivity index (χ1n) is 7.90. The third-order valence-corrected chi connectivity index (χ3v) is 4.96. The molecule has 1 aliphatic heterocycles. The molecule has 2 aromatic rings. The van der Waals surface area contributed by atoms with E-state index in [1.165, 1.54) is 13.0 Å². The zero-order valence-electron chi connectivity index (χ0n) is 14.5. The van der Waals surface area contributed by atoms with Crippen LogP contribution < -0.4 is 10.3 Å². The molecule has 8 heteroatoms. The Morgan fingerprint density at radius 1 is 1.31 bits per heavy atom. The van der Waals surface area contributed by atoms with E-state index in [4.69, 9.17) is 4.74 Å². The summed E-state index contributed by atoms with van der Waals surface area (Å²) in [5.41, 5.74) is -2.73. The van der Waals surface area contributed by atoms with Crippen LogP contribution in [-0.4, -0.2) is 25.8 Å². The van der Waals surface area contributed by atoms with Crippen LogP contribution in [0.2, 0.25) is 0 Å². The second kappa shape index (κ2) is 5.68. The second-order valence-corrected chi connectivity index (χ2v) is 6.92. The first kappa shape index (κ1) is 17.6. The quantitative estimate of drug-likeness (QED) is 0.651. The van der Waals surface area contributed by atoms with Crippen molar-refractivity contribution in [3.8, 4) is 11.8 Å². The molecule has 1 aromatic heterocycles. The van der Waals surface area contributed by atoms with Crippen LogP contribution in [0.5, 0.6) is 5.75 Å². The molecule has 0 spiro atoms. The van der Waals surface area contributed by atoms with Crippen molar-refractivity contribution in [2.75, 3.05) is 0 Å². The Hall–Kier alpha value is -3.18. The van der Waals surface area contributed by atoms with Crippen LogP contribution in [0.25, 0.3) is 0 Å². The van der Waals surface area contributed by atoms with E-state index in [0.717, 1.165) is 22.9 Å². The van der Waals surface area contributed by atoms with Crippen molar-refractivity contribution in [3.05, 3.63) is 68.1 Å². The zero-order chi connectivity index (χ0) is 19.3. The summed E-state index contributed by atoms with van der Waals surface area (Å²) in [7, 11) is 0. The van der Waals surface area contributed by atoms with Gasteiger partial charge in [0.1, 0.15) is 17.0 Å². The number of hydrogen-bond acceptors (Lipinski definition) is 6. The smallest absolute Gasteiger partial charge is 0.285 e. The van der Waals surface area contributed by atoms with Gasteiger partial charge in [0.25, 0.3) is 11.2 Å². The Balaban J connectivity index is 2.35. The van der Waals surface area contributed by atoms with Gasteiger partial charge >= 0.3 is 0 Å². The minimum atomic E-state index is -1.59. The molecule has 0 radical (unpaired) electrons. The number of pyridine rings is 1. The molecule has 0 saturated carbocycles. The van der Waals surface area contributed by atoms with Gasteiger partial charge in [0.05, 0.1) is 28.8 Å². The molecule has 8 nitrogen and oxygen atoms in total. The maximum absolute atomic E-state index is 12.5. The van der Waals surface area contributed by atoms with Crippen LogP contribution in [0.4, 0.5) is 5.69 Å². The minimum absolute atomic E-state index is 0.275. The number of nitriles is 1. The Morgan fingerprint density at radius 3 is 2.62 bits per heavy atom. The van der Waals surface area contributed by atoms with Gasteiger partial charge in [-0.05, 0) is 39.0 Å². The number of ether oxygens (including phenoxy) is 1. The van der Waals surface area contributed by atoms with Crippen molar-refractivity contribution in [2.24, 2.45) is 0 Å². The van der Waals surface area contributed by atoms with Crippen molar-refractivity contribution in [1.82, 2.24) is 4.57 Å². The minimum Gasteiger partial charge on any atom is -0.484 e. The van der Waals surface area contributed by atoms with Crippen LogP contribution in [0.15, 0.2) is 41.3 Å². The number of aliphatic hydroxyl groups is 1.